The average Bonchev–Trinajstić information content (AvgIpc) is 3.17. The lowest BCUT2D eigenvalue weighted by molar-refractivity contribution is -0.000374. The van der Waals surface area contributed by atoms with E-state index in [0.717, 1.165) is 103 Å². The molecule has 1 aromatic rings. The van der Waals surface area contributed by atoms with Crippen LogP contribution in [-0.4, -0.2) is 129 Å². The van der Waals surface area contributed by atoms with Crippen molar-refractivity contribution in [1.29, 1.82) is 0 Å². The van der Waals surface area contributed by atoms with Gasteiger partial charge in [-0.05, 0) is 38.1 Å². The van der Waals surface area contributed by atoms with Crippen LogP contribution in [0.4, 0.5) is 0 Å². The van der Waals surface area contributed by atoms with Crippen molar-refractivity contribution in [2.24, 2.45) is 0 Å². The number of morpholine rings is 1. The van der Waals surface area contributed by atoms with Crippen molar-refractivity contribution < 1.29 is 19.3 Å². The van der Waals surface area contributed by atoms with E-state index < -0.39 is 5.60 Å². The molecule has 3 heterocycles. The highest BCUT2D eigenvalue weighted by Crippen LogP contribution is 2.31. The highest BCUT2D eigenvalue weighted by atomic mass is 16.5. The fourth-order valence-corrected chi connectivity index (χ4v) is 5.03. The SMILES string of the molecule is CCOc1cc(CN2CC[C@](O)(CN3CCN(C)CC3)C2)ccc1OCCN1CCOCC1. The predicted octanol–water partition coefficient (Wildman–Crippen LogP) is 0.981. The first-order valence-electron chi connectivity index (χ1n) is 12.6. The first kappa shape index (κ1) is 24.7. The Bertz CT molecular complexity index is 737. The number of hydrogen-bond donors (Lipinski definition) is 1. The quantitative estimate of drug-likeness (QED) is 0.552. The number of ether oxygens (including phenoxy) is 3. The minimum Gasteiger partial charge on any atom is -0.490 e. The molecule has 3 aliphatic heterocycles. The van der Waals surface area contributed by atoms with E-state index in [2.05, 4.69) is 38.8 Å². The van der Waals surface area contributed by atoms with Gasteiger partial charge < -0.3 is 24.2 Å². The summed E-state index contributed by atoms with van der Waals surface area (Å²) >= 11 is 0. The summed E-state index contributed by atoms with van der Waals surface area (Å²) < 4.78 is 17.4. The van der Waals surface area contributed by atoms with Crippen molar-refractivity contribution in [1.82, 2.24) is 19.6 Å². The maximum atomic E-state index is 11.2. The summed E-state index contributed by atoms with van der Waals surface area (Å²) in [6.45, 7) is 15.2. The van der Waals surface area contributed by atoms with Gasteiger partial charge in [-0.25, -0.2) is 0 Å². The van der Waals surface area contributed by atoms with E-state index in [-0.39, 0.29) is 0 Å². The van der Waals surface area contributed by atoms with Crippen LogP contribution in [-0.2, 0) is 11.3 Å². The Labute approximate surface area is 199 Å². The van der Waals surface area contributed by atoms with Gasteiger partial charge in [0.25, 0.3) is 0 Å². The molecule has 1 N–H and O–H groups in total. The summed E-state index contributed by atoms with van der Waals surface area (Å²) in [5.41, 5.74) is 0.587. The Morgan fingerprint density at radius 1 is 0.939 bits per heavy atom. The topological polar surface area (TPSA) is 60.9 Å². The summed E-state index contributed by atoms with van der Waals surface area (Å²) in [6.07, 6.45) is 0.834. The number of likely N-dealkylation sites (N-methyl/N-ethyl adjacent to an activating group) is 1. The molecular formula is C25H42N4O4. The number of β-amino-alcohol motifs (C(OH)–C–C–N with tert-alkyl or cyclic N) is 1. The van der Waals surface area contributed by atoms with Crippen LogP contribution in [0.25, 0.3) is 0 Å². The molecule has 3 fully saturated rings. The lowest BCUT2D eigenvalue weighted by Gasteiger charge is -2.37. The van der Waals surface area contributed by atoms with Crippen molar-refractivity contribution >= 4 is 0 Å². The zero-order valence-electron chi connectivity index (χ0n) is 20.5. The molecule has 8 nitrogen and oxygen atoms in total. The van der Waals surface area contributed by atoms with Gasteiger partial charge in [0, 0.05) is 72.0 Å². The Balaban J connectivity index is 1.28. The van der Waals surface area contributed by atoms with Crippen molar-refractivity contribution in [3.8, 4) is 11.5 Å². The fourth-order valence-electron chi connectivity index (χ4n) is 5.03. The van der Waals surface area contributed by atoms with Crippen LogP contribution in [0.15, 0.2) is 18.2 Å². The van der Waals surface area contributed by atoms with E-state index in [1.807, 2.05) is 13.0 Å². The van der Waals surface area contributed by atoms with Gasteiger partial charge in [-0.2, -0.15) is 0 Å². The van der Waals surface area contributed by atoms with Gasteiger partial charge in [0.05, 0.1) is 25.4 Å². The number of hydrogen-bond acceptors (Lipinski definition) is 8. The van der Waals surface area contributed by atoms with Gasteiger partial charge in [-0.15, -0.1) is 0 Å². The van der Waals surface area contributed by atoms with Crippen molar-refractivity contribution in [2.75, 3.05) is 98.9 Å². The minimum atomic E-state index is -0.610. The Kier molecular flexibility index (Phi) is 8.85. The molecule has 0 aromatic heterocycles. The molecule has 186 valence electrons. The predicted molar refractivity (Wildman–Crippen MR) is 129 cm³/mol. The van der Waals surface area contributed by atoms with E-state index in [1.54, 1.807) is 0 Å². The Morgan fingerprint density at radius 2 is 1.73 bits per heavy atom. The van der Waals surface area contributed by atoms with E-state index in [0.29, 0.717) is 13.2 Å². The largest absolute Gasteiger partial charge is 0.490 e. The van der Waals surface area contributed by atoms with Gasteiger partial charge in [0.15, 0.2) is 11.5 Å². The van der Waals surface area contributed by atoms with Gasteiger partial charge in [-0.3, -0.25) is 14.7 Å². The second kappa shape index (κ2) is 11.8. The number of rotatable bonds is 10. The third-order valence-corrected chi connectivity index (χ3v) is 7.01. The van der Waals surface area contributed by atoms with Crippen LogP contribution in [0.2, 0.25) is 0 Å². The second-order valence-corrected chi connectivity index (χ2v) is 9.78. The highest BCUT2D eigenvalue weighted by molar-refractivity contribution is 5.43. The number of benzene rings is 1. The van der Waals surface area contributed by atoms with Crippen molar-refractivity contribution in [2.45, 2.75) is 25.5 Å². The van der Waals surface area contributed by atoms with Crippen LogP contribution >= 0.6 is 0 Å². The molecule has 0 radical (unpaired) electrons. The van der Waals surface area contributed by atoms with Gasteiger partial charge in [0.2, 0.25) is 0 Å². The van der Waals surface area contributed by atoms with Gasteiger partial charge in [0.1, 0.15) is 6.61 Å². The van der Waals surface area contributed by atoms with E-state index in [9.17, 15) is 5.11 Å². The monoisotopic (exact) mass is 462 g/mol. The molecule has 3 aliphatic rings. The van der Waals surface area contributed by atoms with Crippen molar-refractivity contribution in [3.05, 3.63) is 23.8 Å². The molecule has 0 unspecified atom stereocenters. The molecule has 8 heteroatoms. The average molecular weight is 463 g/mol. The Morgan fingerprint density at radius 3 is 2.48 bits per heavy atom. The van der Waals surface area contributed by atoms with Crippen LogP contribution in [0.1, 0.15) is 18.9 Å². The van der Waals surface area contributed by atoms with Gasteiger partial charge >= 0.3 is 0 Å². The second-order valence-electron chi connectivity index (χ2n) is 9.78. The molecule has 33 heavy (non-hydrogen) atoms. The fraction of sp³-hybridized carbons (Fsp3) is 0.760. The summed E-state index contributed by atoms with van der Waals surface area (Å²) in [5, 5.41) is 11.2. The van der Waals surface area contributed by atoms with E-state index >= 15 is 0 Å². The first-order valence-corrected chi connectivity index (χ1v) is 12.6. The lowest BCUT2D eigenvalue weighted by Crippen LogP contribution is -2.51. The molecule has 0 spiro atoms. The van der Waals surface area contributed by atoms with E-state index in [4.69, 9.17) is 14.2 Å². The number of nitrogens with zero attached hydrogens (tertiary/aromatic N) is 4. The molecule has 3 saturated heterocycles. The number of aliphatic hydroxyl groups is 1. The molecule has 0 bridgehead atoms. The summed E-state index contributed by atoms with van der Waals surface area (Å²) in [4.78, 5) is 9.50. The third-order valence-electron chi connectivity index (χ3n) is 7.01. The molecule has 1 aromatic carbocycles. The summed E-state index contributed by atoms with van der Waals surface area (Å²) in [7, 11) is 2.17. The lowest BCUT2D eigenvalue weighted by atomic mass is 10.0. The van der Waals surface area contributed by atoms with E-state index in [1.165, 1.54) is 5.56 Å². The van der Waals surface area contributed by atoms with Gasteiger partial charge in [-0.1, -0.05) is 6.07 Å². The zero-order chi connectivity index (χ0) is 23.1. The van der Waals surface area contributed by atoms with Crippen LogP contribution in [0.3, 0.4) is 0 Å². The van der Waals surface area contributed by atoms with Crippen LogP contribution in [0, 0.1) is 0 Å². The molecule has 1 atom stereocenters. The highest BCUT2D eigenvalue weighted by Gasteiger charge is 2.37. The molecular weight excluding hydrogens is 420 g/mol. The van der Waals surface area contributed by atoms with Crippen LogP contribution in [0.5, 0.6) is 11.5 Å². The molecule has 0 amide bonds. The third kappa shape index (κ3) is 7.28. The van der Waals surface area contributed by atoms with Crippen molar-refractivity contribution in [3.63, 3.8) is 0 Å². The number of piperazine rings is 1. The smallest absolute Gasteiger partial charge is 0.161 e. The zero-order valence-corrected chi connectivity index (χ0v) is 20.5. The molecule has 4 rings (SSSR count). The molecule has 0 aliphatic carbocycles. The minimum absolute atomic E-state index is 0.609. The standard InChI is InChI=1S/C25H42N4O4/c1-3-32-24-18-22(4-5-23(24)33-17-14-27-12-15-31-16-13-27)19-29-7-6-25(30,21-29)20-28-10-8-26(2)9-11-28/h4-5,18,30H,3,6-17,19-21H2,1-2H3/t25-/m0/s1. The van der Waals surface area contributed by atoms with Crippen LogP contribution < -0.4 is 9.47 Å². The maximum absolute atomic E-state index is 11.2. The molecule has 0 saturated carbocycles. The number of likely N-dealkylation sites (tertiary alicyclic amines) is 1. The Hall–Kier alpha value is -1.42. The summed E-state index contributed by atoms with van der Waals surface area (Å²) in [6, 6.07) is 6.27. The summed E-state index contributed by atoms with van der Waals surface area (Å²) in [5.74, 6) is 1.62. The normalized spacial score (nSPS) is 26.0. The maximum Gasteiger partial charge on any atom is 0.161 e. The first-order chi connectivity index (χ1) is 16.0.